The third-order valence-corrected chi connectivity index (χ3v) is 2.79. The van der Waals surface area contributed by atoms with Crippen LogP contribution >= 0.6 is 0 Å². The summed E-state index contributed by atoms with van der Waals surface area (Å²) in [6.07, 6.45) is 4.69. The van der Waals surface area contributed by atoms with Crippen LogP contribution in [0.15, 0.2) is 30.0 Å². The number of carbonyl (C=O) groups excluding carboxylic acids is 1. The second-order valence-electron chi connectivity index (χ2n) is 4.07. The largest absolute Gasteiger partial charge is 0.359 e. The summed E-state index contributed by atoms with van der Waals surface area (Å²) in [6, 6.07) is 3.30. The molecule has 0 saturated heterocycles. The van der Waals surface area contributed by atoms with Gasteiger partial charge in [-0.1, -0.05) is 0 Å². The van der Waals surface area contributed by atoms with E-state index in [1.165, 1.54) is 18.3 Å². The van der Waals surface area contributed by atoms with Gasteiger partial charge in [0.15, 0.2) is 5.78 Å². The van der Waals surface area contributed by atoms with Gasteiger partial charge in [0.2, 0.25) is 0 Å². The Kier molecular flexibility index (Phi) is 3.52. The monoisotopic (exact) mass is 237 g/mol. The molecule has 1 fully saturated rings. The SMILES string of the molecule is O=C1CCCCC1=CNc1ccc(F)cc1F. The van der Waals surface area contributed by atoms with Crippen LogP contribution in [0.3, 0.4) is 0 Å². The molecule has 0 radical (unpaired) electrons. The van der Waals surface area contributed by atoms with E-state index in [0.717, 1.165) is 18.9 Å². The summed E-state index contributed by atoms with van der Waals surface area (Å²) in [5.74, 6) is -1.18. The van der Waals surface area contributed by atoms with Gasteiger partial charge in [-0.15, -0.1) is 0 Å². The summed E-state index contributed by atoms with van der Waals surface area (Å²) in [6.45, 7) is 0. The number of hydrogen-bond donors (Lipinski definition) is 1. The number of carbonyl (C=O) groups is 1. The minimum atomic E-state index is -0.662. The van der Waals surface area contributed by atoms with Crippen LogP contribution in [0.25, 0.3) is 0 Å². The fourth-order valence-electron chi connectivity index (χ4n) is 1.83. The quantitative estimate of drug-likeness (QED) is 0.799. The van der Waals surface area contributed by atoms with Crippen molar-refractivity contribution in [1.82, 2.24) is 0 Å². The first kappa shape index (κ1) is 11.8. The average molecular weight is 237 g/mol. The highest BCUT2D eigenvalue weighted by Gasteiger charge is 2.14. The maximum Gasteiger partial charge on any atom is 0.160 e. The Morgan fingerprint density at radius 2 is 1.94 bits per heavy atom. The predicted octanol–water partition coefficient (Wildman–Crippen LogP) is 3.40. The fraction of sp³-hybridized carbons (Fsp3) is 0.308. The number of hydrogen-bond acceptors (Lipinski definition) is 2. The number of halogens is 2. The summed E-state index contributed by atoms with van der Waals surface area (Å²) in [5.41, 5.74) is 0.859. The molecule has 0 unspecified atom stereocenters. The van der Waals surface area contributed by atoms with E-state index in [1.807, 2.05) is 0 Å². The summed E-state index contributed by atoms with van der Waals surface area (Å²) < 4.78 is 26.0. The molecule has 0 spiro atoms. The Hall–Kier alpha value is -1.71. The first-order chi connectivity index (χ1) is 8.16. The van der Waals surface area contributed by atoms with Gasteiger partial charge in [-0.2, -0.15) is 0 Å². The van der Waals surface area contributed by atoms with E-state index in [-0.39, 0.29) is 11.5 Å². The first-order valence-electron chi connectivity index (χ1n) is 5.60. The van der Waals surface area contributed by atoms with Gasteiger partial charge in [0.05, 0.1) is 5.69 Å². The lowest BCUT2D eigenvalue weighted by Gasteiger charge is -2.13. The third-order valence-electron chi connectivity index (χ3n) is 2.79. The summed E-state index contributed by atoms with van der Waals surface area (Å²) in [4.78, 5) is 11.5. The molecule has 17 heavy (non-hydrogen) atoms. The molecule has 0 atom stereocenters. The Bertz CT molecular complexity index is 468. The molecule has 2 rings (SSSR count). The topological polar surface area (TPSA) is 29.1 Å². The zero-order chi connectivity index (χ0) is 12.3. The van der Waals surface area contributed by atoms with E-state index in [2.05, 4.69) is 5.32 Å². The van der Waals surface area contributed by atoms with Crippen molar-refractivity contribution < 1.29 is 13.6 Å². The smallest absolute Gasteiger partial charge is 0.160 e. The third kappa shape index (κ3) is 2.90. The van der Waals surface area contributed by atoms with Crippen molar-refractivity contribution in [3.63, 3.8) is 0 Å². The van der Waals surface area contributed by atoms with Crippen molar-refractivity contribution in [1.29, 1.82) is 0 Å². The molecule has 1 aromatic carbocycles. The van der Waals surface area contributed by atoms with Crippen LogP contribution in [0.1, 0.15) is 25.7 Å². The zero-order valence-electron chi connectivity index (χ0n) is 9.30. The lowest BCUT2D eigenvalue weighted by atomic mass is 9.94. The molecule has 0 aromatic heterocycles. The molecular formula is C13H13F2NO. The predicted molar refractivity (Wildman–Crippen MR) is 61.5 cm³/mol. The number of anilines is 1. The summed E-state index contributed by atoms with van der Waals surface area (Å²) in [5, 5.41) is 2.72. The lowest BCUT2D eigenvalue weighted by molar-refractivity contribution is -0.116. The van der Waals surface area contributed by atoms with Crippen LogP contribution in [-0.4, -0.2) is 5.78 Å². The van der Waals surface area contributed by atoms with Crippen LogP contribution in [0.4, 0.5) is 14.5 Å². The van der Waals surface area contributed by atoms with Crippen LogP contribution in [-0.2, 0) is 4.79 Å². The van der Waals surface area contributed by atoms with Gasteiger partial charge in [-0.3, -0.25) is 4.79 Å². The minimum Gasteiger partial charge on any atom is -0.359 e. The number of rotatable bonds is 2. The highest BCUT2D eigenvalue weighted by molar-refractivity contribution is 5.96. The average Bonchev–Trinajstić information content (AvgIpc) is 2.30. The molecule has 1 aromatic rings. The second-order valence-corrected chi connectivity index (χ2v) is 4.07. The molecule has 0 bridgehead atoms. The van der Waals surface area contributed by atoms with Crippen molar-refractivity contribution >= 4 is 11.5 Å². The van der Waals surface area contributed by atoms with Crippen molar-refractivity contribution in [3.8, 4) is 0 Å². The molecule has 1 N–H and O–H groups in total. The Morgan fingerprint density at radius 1 is 1.18 bits per heavy atom. The number of Topliss-reactive ketones (excluding diaryl/α,β-unsaturated/α-hetero) is 1. The first-order valence-corrected chi connectivity index (χ1v) is 5.60. The molecule has 0 heterocycles. The summed E-state index contributed by atoms with van der Waals surface area (Å²) in [7, 11) is 0. The van der Waals surface area contributed by atoms with Gasteiger partial charge in [0.1, 0.15) is 11.6 Å². The van der Waals surface area contributed by atoms with E-state index in [9.17, 15) is 13.6 Å². The van der Waals surface area contributed by atoms with Crippen molar-refractivity contribution in [3.05, 3.63) is 41.6 Å². The Balaban J connectivity index is 2.10. The van der Waals surface area contributed by atoms with Crippen LogP contribution in [0, 0.1) is 11.6 Å². The fourth-order valence-corrected chi connectivity index (χ4v) is 1.83. The zero-order valence-corrected chi connectivity index (χ0v) is 9.30. The van der Waals surface area contributed by atoms with E-state index in [0.29, 0.717) is 18.4 Å². The Labute approximate surface area is 98.3 Å². The molecule has 2 nitrogen and oxygen atoms in total. The molecule has 1 saturated carbocycles. The highest BCUT2D eigenvalue weighted by atomic mass is 19.1. The van der Waals surface area contributed by atoms with Gasteiger partial charge in [0.25, 0.3) is 0 Å². The molecule has 1 aliphatic rings. The van der Waals surface area contributed by atoms with Gasteiger partial charge in [0, 0.05) is 24.3 Å². The second kappa shape index (κ2) is 5.08. The standard InChI is InChI=1S/C13H13F2NO/c14-10-5-6-12(11(15)7-10)16-8-9-3-1-2-4-13(9)17/h5-8,16H,1-4H2. The van der Waals surface area contributed by atoms with Gasteiger partial charge in [-0.05, 0) is 31.4 Å². The molecule has 0 amide bonds. The minimum absolute atomic E-state index is 0.103. The molecule has 90 valence electrons. The Morgan fingerprint density at radius 3 is 2.65 bits per heavy atom. The van der Waals surface area contributed by atoms with Gasteiger partial charge >= 0.3 is 0 Å². The normalized spacial score (nSPS) is 18.5. The van der Waals surface area contributed by atoms with Crippen LogP contribution < -0.4 is 5.32 Å². The van der Waals surface area contributed by atoms with Crippen molar-refractivity contribution in [2.24, 2.45) is 0 Å². The van der Waals surface area contributed by atoms with Crippen molar-refractivity contribution in [2.75, 3.05) is 5.32 Å². The van der Waals surface area contributed by atoms with Crippen LogP contribution in [0.2, 0.25) is 0 Å². The maximum absolute atomic E-state index is 13.3. The number of allylic oxidation sites excluding steroid dienone is 1. The number of ketones is 1. The molecule has 4 heteroatoms. The number of nitrogens with one attached hydrogen (secondary N) is 1. The molecular weight excluding hydrogens is 224 g/mol. The maximum atomic E-state index is 13.3. The van der Waals surface area contributed by atoms with E-state index in [1.54, 1.807) is 0 Å². The molecule has 0 aliphatic heterocycles. The van der Waals surface area contributed by atoms with Gasteiger partial charge in [-0.25, -0.2) is 8.78 Å². The lowest BCUT2D eigenvalue weighted by Crippen LogP contribution is -2.10. The van der Waals surface area contributed by atoms with E-state index < -0.39 is 11.6 Å². The van der Waals surface area contributed by atoms with E-state index >= 15 is 0 Å². The highest BCUT2D eigenvalue weighted by Crippen LogP contribution is 2.21. The van der Waals surface area contributed by atoms with Crippen molar-refractivity contribution in [2.45, 2.75) is 25.7 Å². The summed E-state index contributed by atoms with van der Waals surface area (Å²) >= 11 is 0. The molecule has 1 aliphatic carbocycles. The number of benzene rings is 1. The van der Waals surface area contributed by atoms with Gasteiger partial charge < -0.3 is 5.32 Å². The van der Waals surface area contributed by atoms with E-state index in [4.69, 9.17) is 0 Å². The van der Waals surface area contributed by atoms with Crippen LogP contribution in [0.5, 0.6) is 0 Å².